The minimum atomic E-state index is -2.90. The van der Waals surface area contributed by atoms with Crippen LogP contribution in [0.3, 0.4) is 0 Å². The summed E-state index contributed by atoms with van der Waals surface area (Å²) >= 11 is 2.63. The predicted octanol–water partition coefficient (Wildman–Crippen LogP) is 3.07. The number of hydrogen-bond acceptors (Lipinski definition) is 2. The van der Waals surface area contributed by atoms with E-state index in [9.17, 15) is 8.42 Å². The second-order valence-corrected chi connectivity index (χ2v) is 7.46. The summed E-state index contributed by atoms with van der Waals surface area (Å²) < 4.78 is 21.3. The highest BCUT2D eigenvalue weighted by atomic mass is 79.9. The molecule has 0 aliphatic rings. The maximum Gasteiger partial charge on any atom is 0.209 e. The summed E-state index contributed by atoms with van der Waals surface area (Å²) in [5.41, 5.74) is 0. The maximum atomic E-state index is 10.6. The van der Waals surface area contributed by atoms with Crippen molar-refractivity contribution in [3.63, 3.8) is 0 Å². The first-order valence-corrected chi connectivity index (χ1v) is 7.98. The molecule has 0 saturated heterocycles. The van der Waals surface area contributed by atoms with Crippen LogP contribution in [0, 0.1) is 0 Å². The second-order valence-electron chi connectivity index (χ2n) is 3.01. The highest BCUT2D eigenvalue weighted by Crippen LogP contribution is 2.08. The molecule has 0 bridgehead atoms. The standard InChI is InChI=1S/C8H17BrO2S/c1-2-3-4-5-6-7-8-12(9,10)11/h2-8H2,1H3. The molecule has 0 spiro atoms. The quantitative estimate of drug-likeness (QED) is 0.519. The van der Waals surface area contributed by atoms with Gasteiger partial charge in [0.15, 0.2) is 0 Å². The van der Waals surface area contributed by atoms with Crippen LogP contribution in [0.5, 0.6) is 0 Å². The highest BCUT2D eigenvalue weighted by molar-refractivity contribution is 9.47. The van der Waals surface area contributed by atoms with Crippen LogP contribution in [0.1, 0.15) is 45.4 Å². The lowest BCUT2D eigenvalue weighted by Crippen LogP contribution is -1.95. The summed E-state index contributed by atoms with van der Waals surface area (Å²) in [4.78, 5) is 0. The lowest BCUT2D eigenvalue weighted by atomic mass is 10.1. The third kappa shape index (κ3) is 10.4. The fourth-order valence-electron chi connectivity index (χ4n) is 1.05. The van der Waals surface area contributed by atoms with E-state index in [0.29, 0.717) is 0 Å². The molecule has 0 aliphatic carbocycles. The molecule has 0 atom stereocenters. The normalized spacial score (nSPS) is 11.8. The van der Waals surface area contributed by atoms with Crippen LogP contribution in [0.4, 0.5) is 0 Å². The van der Waals surface area contributed by atoms with E-state index in [1.807, 2.05) is 0 Å². The van der Waals surface area contributed by atoms with Gasteiger partial charge in [0.1, 0.15) is 0 Å². The van der Waals surface area contributed by atoms with Crippen LogP contribution in [-0.2, 0) is 8.27 Å². The Morgan fingerprint density at radius 3 is 2.00 bits per heavy atom. The Labute approximate surface area is 82.9 Å². The Morgan fingerprint density at radius 1 is 1.00 bits per heavy atom. The third-order valence-corrected chi connectivity index (χ3v) is 3.49. The van der Waals surface area contributed by atoms with Gasteiger partial charge in [-0.25, -0.2) is 8.42 Å². The molecular weight excluding hydrogens is 240 g/mol. The summed E-state index contributed by atoms with van der Waals surface area (Å²) in [6.45, 7) is 2.17. The van der Waals surface area contributed by atoms with Gasteiger partial charge in [0, 0.05) is 0 Å². The van der Waals surface area contributed by atoms with E-state index in [0.717, 1.165) is 19.3 Å². The molecule has 74 valence electrons. The Morgan fingerprint density at radius 2 is 1.50 bits per heavy atom. The van der Waals surface area contributed by atoms with E-state index in [2.05, 4.69) is 21.7 Å². The van der Waals surface area contributed by atoms with Crippen LogP contribution in [-0.4, -0.2) is 14.2 Å². The Bertz CT molecular complexity index is 187. The monoisotopic (exact) mass is 256 g/mol. The van der Waals surface area contributed by atoms with Gasteiger partial charge in [-0.3, -0.25) is 0 Å². The van der Waals surface area contributed by atoms with Crippen LogP contribution in [0.15, 0.2) is 0 Å². The molecule has 0 fully saturated rings. The predicted molar refractivity (Wildman–Crippen MR) is 56.1 cm³/mol. The van der Waals surface area contributed by atoms with Crippen molar-refractivity contribution in [2.45, 2.75) is 45.4 Å². The van der Waals surface area contributed by atoms with Crippen molar-refractivity contribution in [2.75, 3.05) is 5.75 Å². The third-order valence-electron chi connectivity index (χ3n) is 1.74. The van der Waals surface area contributed by atoms with E-state index in [4.69, 9.17) is 0 Å². The van der Waals surface area contributed by atoms with Crippen molar-refractivity contribution in [2.24, 2.45) is 0 Å². The van der Waals surface area contributed by atoms with Crippen molar-refractivity contribution in [3.05, 3.63) is 0 Å². The minimum absolute atomic E-state index is 0.277. The van der Waals surface area contributed by atoms with Crippen molar-refractivity contribution >= 4 is 23.1 Å². The zero-order valence-corrected chi connectivity index (χ0v) is 9.95. The largest absolute Gasteiger partial charge is 0.217 e. The zero-order valence-electron chi connectivity index (χ0n) is 7.55. The number of unbranched alkanes of at least 4 members (excludes halogenated alkanes) is 5. The van der Waals surface area contributed by atoms with Crippen LogP contribution >= 0.6 is 14.8 Å². The first kappa shape index (κ1) is 12.4. The summed E-state index contributed by atoms with van der Waals surface area (Å²) in [5, 5.41) is 0. The molecule has 2 nitrogen and oxygen atoms in total. The first-order valence-electron chi connectivity index (χ1n) is 4.48. The van der Waals surface area contributed by atoms with E-state index in [1.54, 1.807) is 0 Å². The molecule has 0 aromatic carbocycles. The summed E-state index contributed by atoms with van der Waals surface area (Å²) in [6.07, 6.45) is 6.72. The first-order chi connectivity index (χ1) is 5.56. The second kappa shape index (κ2) is 6.89. The van der Waals surface area contributed by atoms with Gasteiger partial charge in [0.05, 0.1) is 20.6 Å². The molecule has 0 aromatic heterocycles. The molecule has 0 heterocycles. The number of halogens is 1. The molecule has 0 N–H and O–H groups in total. The fourth-order valence-corrected chi connectivity index (χ4v) is 2.29. The van der Waals surface area contributed by atoms with Crippen molar-refractivity contribution < 1.29 is 8.42 Å². The average molecular weight is 257 g/mol. The highest BCUT2D eigenvalue weighted by Gasteiger charge is 2.02. The SMILES string of the molecule is CCCCCCCCS(=O)(=O)Br. The maximum absolute atomic E-state index is 10.6. The summed E-state index contributed by atoms with van der Waals surface area (Å²) in [5.74, 6) is 0.277. The number of rotatable bonds is 7. The van der Waals surface area contributed by atoms with Gasteiger partial charge >= 0.3 is 0 Å². The summed E-state index contributed by atoms with van der Waals surface area (Å²) in [6, 6.07) is 0. The molecule has 0 aliphatic heterocycles. The van der Waals surface area contributed by atoms with Gasteiger partial charge < -0.3 is 0 Å². The molecule has 0 saturated carbocycles. The minimum Gasteiger partial charge on any atom is -0.217 e. The van der Waals surface area contributed by atoms with Gasteiger partial charge in [-0.2, -0.15) is 0 Å². The van der Waals surface area contributed by atoms with Crippen LogP contribution in [0.2, 0.25) is 0 Å². The fraction of sp³-hybridized carbons (Fsp3) is 1.00. The van der Waals surface area contributed by atoms with Crippen LogP contribution < -0.4 is 0 Å². The van der Waals surface area contributed by atoms with Gasteiger partial charge in [0.2, 0.25) is 8.27 Å². The van der Waals surface area contributed by atoms with Crippen LogP contribution in [0.25, 0.3) is 0 Å². The lowest BCUT2D eigenvalue weighted by molar-refractivity contribution is 0.596. The van der Waals surface area contributed by atoms with Gasteiger partial charge in [-0.15, -0.1) is 0 Å². The molecule has 4 heteroatoms. The number of hydrogen-bond donors (Lipinski definition) is 0. The smallest absolute Gasteiger partial charge is 0.209 e. The van der Waals surface area contributed by atoms with Crippen molar-refractivity contribution in [3.8, 4) is 0 Å². The van der Waals surface area contributed by atoms with Gasteiger partial charge in [0.25, 0.3) is 0 Å². The average Bonchev–Trinajstić information content (AvgIpc) is 1.94. The molecule has 0 rings (SSSR count). The Balaban J connectivity index is 3.12. The van der Waals surface area contributed by atoms with Gasteiger partial charge in [-0.05, 0) is 6.42 Å². The molecule has 0 radical (unpaired) electrons. The zero-order chi connectivity index (χ0) is 9.45. The topological polar surface area (TPSA) is 34.1 Å². The summed E-state index contributed by atoms with van der Waals surface area (Å²) in [7, 11) is -2.90. The molecule has 0 amide bonds. The van der Waals surface area contributed by atoms with E-state index >= 15 is 0 Å². The van der Waals surface area contributed by atoms with E-state index in [-0.39, 0.29) is 5.75 Å². The van der Waals surface area contributed by atoms with E-state index < -0.39 is 8.27 Å². The van der Waals surface area contributed by atoms with E-state index in [1.165, 1.54) is 19.3 Å². The lowest BCUT2D eigenvalue weighted by Gasteiger charge is -1.98. The molecule has 0 unspecified atom stereocenters. The van der Waals surface area contributed by atoms with Crippen molar-refractivity contribution in [1.29, 1.82) is 0 Å². The molecule has 0 aromatic rings. The molecular formula is C8H17BrO2S. The van der Waals surface area contributed by atoms with Crippen molar-refractivity contribution in [1.82, 2.24) is 0 Å². The molecule has 12 heavy (non-hydrogen) atoms. The Hall–Kier alpha value is 0.430. The van der Waals surface area contributed by atoms with Gasteiger partial charge in [-0.1, -0.05) is 39.0 Å². The Kier molecular flexibility index (Phi) is 7.14.